The van der Waals surface area contributed by atoms with Gasteiger partial charge in [-0.05, 0) is 6.07 Å². The lowest BCUT2D eigenvalue weighted by atomic mass is 10.1. The number of aromatic nitrogens is 4. The number of nitrogens with zero attached hydrogens (tertiary/aromatic N) is 4. The van der Waals surface area contributed by atoms with E-state index in [1.165, 1.54) is 18.5 Å². The molecular formula is C15H16FN5O2. The van der Waals surface area contributed by atoms with E-state index in [2.05, 4.69) is 20.4 Å². The zero-order valence-corrected chi connectivity index (χ0v) is 12.2. The topological polar surface area (TPSA) is 96.1 Å². The van der Waals surface area contributed by atoms with Crippen LogP contribution in [0, 0.1) is 5.82 Å². The van der Waals surface area contributed by atoms with Crippen molar-refractivity contribution in [2.24, 2.45) is 0 Å². The SMILES string of the molecule is OCCn1ncc2c(NC[C@@H](O)c3ccccc3F)ncnc21. The summed E-state index contributed by atoms with van der Waals surface area (Å²) in [6, 6.07) is 6.09. The van der Waals surface area contributed by atoms with E-state index in [0.717, 1.165) is 0 Å². The molecule has 0 saturated heterocycles. The van der Waals surface area contributed by atoms with Crippen LogP contribution in [0.2, 0.25) is 0 Å². The molecule has 0 unspecified atom stereocenters. The number of hydrogen-bond donors (Lipinski definition) is 3. The molecule has 2 heterocycles. The van der Waals surface area contributed by atoms with Crippen LogP contribution < -0.4 is 5.32 Å². The fourth-order valence-corrected chi connectivity index (χ4v) is 2.34. The lowest BCUT2D eigenvalue weighted by molar-refractivity contribution is 0.186. The van der Waals surface area contributed by atoms with Gasteiger partial charge in [0.1, 0.15) is 18.0 Å². The molecule has 3 N–H and O–H groups in total. The third-order valence-corrected chi connectivity index (χ3v) is 3.47. The number of halogens is 1. The van der Waals surface area contributed by atoms with Gasteiger partial charge < -0.3 is 15.5 Å². The number of rotatable bonds is 6. The lowest BCUT2D eigenvalue weighted by Gasteiger charge is -2.13. The van der Waals surface area contributed by atoms with Crippen molar-refractivity contribution in [3.63, 3.8) is 0 Å². The van der Waals surface area contributed by atoms with Crippen LogP contribution in [0.4, 0.5) is 10.2 Å². The molecule has 8 heteroatoms. The Hall–Kier alpha value is -2.58. The quantitative estimate of drug-likeness (QED) is 0.630. The molecule has 1 aromatic carbocycles. The minimum absolute atomic E-state index is 0.0461. The van der Waals surface area contributed by atoms with E-state index in [1.54, 1.807) is 23.0 Å². The molecule has 0 radical (unpaired) electrons. The van der Waals surface area contributed by atoms with Gasteiger partial charge in [0.05, 0.1) is 30.8 Å². The van der Waals surface area contributed by atoms with Gasteiger partial charge in [0.15, 0.2) is 5.65 Å². The van der Waals surface area contributed by atoms with Crippen LogP contribution >= 0.6 is 0 Å². The van der Waals surface area contributed by atoms with Crippen molar-refractivity contribution in [2.75, 3.05) is 18.5 Å². The van der Waals surface area contributed by atoms with Crippen LogP contribution in [-0.2, 0) is 6.54 Å². The number of nitrogens with one attached hydrogen (secondary N) is 1. The Morgan fingerprint density at radius 2 is 2.09 bits per heavy atom. The lowest BCUT2D eigenvalue weighted by Crippen LogP contribution is -2.14. The Bertz CT molecular complexity index is 807. The number of hydrogen-bond acceptors (Lipinski definition) is 6. The Kier molecular flexibility index (Phi) is 4.45. The van der Waals surface area contributed by atoms with Gasteiger partial charge in [-0.1, -0.05) is 18.2 Å². The minimum Gasteiger partial charge on any atom is -0.394 e. The summed E-state index contributed by atoms with van der Waals surface area (Å²) >= 11 is 0. The zero-order chi connectivity index (χ0) is 16.2. The maximum Gasteiger partial charge on any atom is 0.163 e. The zero-order valence-electron chi connectivity index (χ0n) is 12.2. The highest BCUT2D eigenvalue weighted by atomic mass is 19.1. The van der Waals surface area contributed by atoms with Crippen LogP contribution in [0.25, 0.3) is 11.0 Å². The average Bonchev–Trinajstić information content (AvgIpc) is 2.97. The highest BCUT2D eigenvalue weighted by Crippen LogP contribution is 2.21. The summed E-state index contributed by atoms with van der Waals surface area (Å²) in [4.78, 5) is 8.26. The molecule has 0 aliphatic rings. The normalized spacial score (nSPS) is 12.5. The Morgan fingerprint density at radius 3 is 2.87 bits per heavy atom. The summed E-state index contributed by atoms with van der Waals surface area (Å²) in [5.74, 6) is 0.0416. The van der Waals surface area contributed by atoms with Gasteiger partial charge in [-0.15, -0.1) is 0 Å². The van der Waals surface area contributed by atoms with E-state index in [0.29, 0.717) is 23.4 Å². The number of anilines is 1. The molecule has 0 saturated carbocycles. The first-order valence-electron chi connectivity index (χ1n) is 7.14. The Labute approximate surface area is 131 Å². The summed E-state index contributed by atoms with van der Waals surface area (Å²) < 4.78 is 15.2. The van der Waals surface area contributed by atoms with Crippen molar-refractivity contribution in [2.45, 2.75) is 12.6 Å². The van der Waals surface area contributed by atoms with Crippen molar-refractivity contribution >= 4 is 16.9 Å². The van der Waals surface area contributed by atoms with Gasteiger partial charge in [0.2, 0.25) is 0 Å². The van der Waals surface area contributed by atoms with Crippen LogP contribution in [0.3, 0.4) is 0 Å². The Balaban J connectivity index is 1.78. The average molecular weight is 317 g/mol. The number of benzene rings is 1. The van der Waals surface area contributed by atoms with Crippen LogP contribution in [0.5, 0.6) is 0 Å². The molecular weight excluding hydrogens is 301 g/mol. The monoisotopic (exact) mass is 317 g/mol. The van der Waals surface area contributed by atoms with Gasteiger partial charge in [-0.3, -0.25) is 0 Å². The number of aliphatic hydroxyl groups is 2. The van der Waals surface area contributed by atoms with E-state index in [4.69, 9.17) is 5.11 Å². The summed E-state index contributed by atoms with van der Waals surface area (Å²) in [5, 5.41) is 26.9. The Morgan fingerprint density at radius 1 is 1.26 bits per heavy atom. The van der Waals surface area contributed by atoms with E-state index >= 15 is 0 Å². The second-order valence-electron chi connectivity index (χ2n) is 4.97. The highest BCUT2D eigenvalue weighted by Gasteiger charge is 2.14. The molecule has 0 bridgehead atoms. The van der Waals surface area contributed by atoms with E-state index in [1.807, 2.05) is 0 Å². The molecule has 23 heavy (non-hydrogen) atoms. The second kappa shape index (κ2) is 6.67. The van der Waals surface area contributed by atoms with E-state index < -0.39 is 11.9 Å². The van der Waals surface area contributed by atoms with Crippen molar-refractivity contribution in [1.82, 2.24) is 19.7 Å². The van der Waals surface area contributed by atoms with Crippen molar-refractivity contribution in [3.05, 3.63) is 48.2 Å². The third-order valence-electron chi connectivity index (χ3n) is 3.47. The van der Waals surface area contributed by atoms with Crippen molar-refractivity contribution in [1.29, 1.82) is 0 Å². The summed E-state index contributed by atoms with van der Waals surface area (Å²) in [5.41, 5.74) is 0.804. The molecule has 3 rings (SSSR count). The fourth-order valence-electron chi connectivity index (χ4n) is 2.34. The summed E-state index contributed by atoms with van der Waals surface area (Å²) in [6.45, 7) is 0.381. The van der Waals surface area contributed by atoms with Crippen molar-refractivity contribution in [3.8, 4) is 0 Å². The van der Waals surface area contributed by atoms with Crippen LogP contribution in [0.1, 0.15) is 11.7 Å². The van der Waals surface area contributed by atoms with Crippen LogP contribution in [0.15, 0.2) is 36.8 Å². The largest absolute Gasteiger partial charge is 0.394 e. The predicted octanol–water partition coefficient (Wildman–Crippen LogP) is 1.10. The van der Waals surface area contributed by atoms with Gasteiger partial charge in [0.25, 0.3) is 0 Å². The maximum absolute atomic E-state index is 13.7. The number of aliphatic hydroxyl groups excluding tert-OH is 2. The van der Waals surface area contributed by atoms with Gasteiger partial charge >= 0.3 is 0 Å². The minimum atomic E-state index is -1.01. The first-order chi connectivity index (χ1) is 11.2. The van der Waals surface area contributed by atoms with E-state index in [9.17, 15) is 9.50 Å². The molecule has 0 aliphatic carbocycles. The molecule has 2 aromatic heterocycles. The van der Waals surface area contributed by atoms with Gasteiger partial charge in [0, 0.05) is 12.1 Å². The van der Waals surface area contributed by atoms with Crippen LogP contribution in [-0.4, -0.2) is 43.1 Å². The van der Waals surface area contributed by atoms with Gasteiger partial charge in [-0.2, -0.15) is 5.10 Å². The molecule has 0 amide bonds. The maximum atomic E-state index is 13.7. The molecule has 7 nitrogen and oxygen atoms in total. The van der Waals surface area contributed by atoms with Gasteiger partial charge in [-0.25, -0.2) is 19.0 Å². The van der Waals surface area contributed by atoms with Crippen molar-refractivity contribution < 1.29 is 14.6 Å². The molecule has 1 atom stereocenters. The second-order valence-corrected chi connectivity index (χ2v) is 4.97. The third kappa shape index (κ3) is 3.13. The number of fused-ring (bicyclic) bond motifs is 1. The molecule has 0 fully saturated rings. The first kappa shape index (κ1) is 15.3. The smallest absolute Gasteiger partial charge is 0.163 e. The predicted molar refractivity (Wildman–Crippen MR) is 82.3 cm³/mol. The first-order valence-corrected chi connectivity index (χ1v) is 7.14. The van der Waals surface area contributed by atoms with E-state index in [-0.39, 0.29) is 18.7 Å². The molecule has 0 aliphatic heterocycles. The fraction of sp³-hybridized carbons (Fsp3) is 0.267. The molecule has 3 aromatic rings. The summed E-state index contributed by atoms with van der Waals surface area (Å²) in [6.07, 6.45) is 1.95. The molecule has 120 valence electrons. The summed E-state index contributed by atoms with van der Waals surface area (Å²) in [7, 11) is 0. The highest BCUT2D eigenvalue weighted by molar-refractivity contribution is 5.86. The molecule has 0 spiro atoms. The standard InChI is InChI=1S/C15H16FN5O2/c16-12-4-2-1-3-10(12)13(23)8-17-14-11-7-20-21(5-6-22)15(11)19-9-18-14/h1-4,7,9,13,22-23H,5-6,8H2,(H,17,18,19)/t13-/m1/s1.